The summed E-state index contributed by atoms with van der Waals surface area (Å²) in [7, 11) is 0. The third-order valence-corrected chi connectivity index (χ3v) is 4.32. The van der Waals surface area contributed by atoms with E-state index in [1.54, 1.807) is 12.1 Å². The van der Waals surface area contributed by atoms with Gasteiger partial charge in [-0.2, -0.15) is 0 Å². The van der Waals surface area contributed by atoms with E-state index >= 15 is 0 Å². The molecule has 2 nitrogen and oxygen atoms in total. The molecule has 0 radical (unpaired) electrons. The molecule has 2 aromatic rings. The van der Waals surface area contributed by atoms with E-state index < -0.39 is 0 Å². The second-order valence-corrected chi connectivity index (χ2v) is 6.63. The molecule has 0 atom stereocenters. The first-order chi connectivity index (χ1) is 11.7. The fraction of sp³-hybridized carbons (Fsp3) is 0.368. The van der Waals surface area contributed by atoms with Crippen LogP contribution in [0.4, 0.5) is 0 Å². The molecular formula is C19H21Cl3O2. The van der Waals surface area contributed by atoms with Crippen LogP contribution in [0.25, 0.3) is 0 Å². The highest BCUT2D eigenvalue weighted by Gasteiger charge is 2.10. The van der Waals surface area contributed by atoms with Crippen molar-refractivity contribution in [1.82, 2.24) is 0 Å². The molecule has 0 fully saturated rings. The monoisotopic (exact) mass is 386 g/mol. The van der Waals surface area contributed by atoms with E-state index in [0.29, 0.717) is 40.6 Å². The topological polar surface area (TPSA) is 18.5 Å². The van der Waals surface area contributed by atoms with Crippen molar-refractivity contribution in [2.45, 2.75) is 32.3 Å². The number of halogens is 3. The van der Waals surface area contributed by atoms with Crippen LogP contribution in [0.5, 0.6) is 11.5 Å². The van der Waals surface area contributed by atoms with Crippen LogP contribution in [-0.2, 0) is 6.61 Å². The minimum absolute atomic E-state index is 0.464. The molecule has 0 bridgehead atoms. The summed E-state index contributed by atoms with van der Waals surface area (Å²) in [6.07, 6.45) is 4.19. The molecule has 0 unspecified atom stereocenters. The Labute approximate surface area is 158 Å². The lowest BCUT2D eigenvalue weighted by Gasteiger charge is -2.13. The van der Waals surface area contributed by atoms with Gasteiger partial charge >= 0.3 is 0 Å². The summed E-state index contributed by atoms with van der Waals surface area (Å²) in [5.74, 6) is 1.86. The minimum Gasteiger partial charge on any atom is -0.490 e. The highest BCUT2D eigenvalue weighted by molar-refractivity contribution is 6.37. The van der Waals surface area contributed by atoms with Gasteiger partial charge in [-0.3, -0.25) is 0 Å². The molecule has 0 amide bonds. The average molecular weight is 388 g/mol. The molecule has 0 spiro atoms. The number of hydrogen-bond acceptors (Lipinski definition) is 2. The molecular weight excluding hydrogens is 367 g/mol. The maximum atomic E-state index is 6.27. The summed E-state index contributed by atoms with van der Waals surface area (Å²) in [5.41, 5.74) is 1.09. The Balaban J connectivity index is 1.86. The third-order valence-electron chi connectivity index (χ3n) is 3.49. The average Bonchev–Trinajstić information content (AvgIpc) is 2.59. The van der Waals surface area contributed by atoms with E-state index in [0.717, 1.165) is 31.2 Å². The fourth-order valence-electron chi connectivity index (χ4n) is 2.22. The summed E-state index contributed by atoms with van der Waals surface area (Å²) < 4.78 is 11.5. The van der Waals surface area contributed by atoms with Crippen molar-refractivity contribution >= 4 is 34.8 Å². The van der Waals surface area contributed by atoms with Crippen LogP contribution < -0.4 is 9.47 Å². The molecule has 0 N–H and O–H groups in total. The van der Waals surface area contributed by atoms with Crippen LogP contribution >= 0.6 is 34.8 Å². The van der Waals surface area contributed by atoms with Gasteiger partial charge in [-0.05, 0) is 18.4 Å². The van der Waals surface area contributed by atoms with E-state index in [1.807, 2.05) is 30.3 Å². The van der Waals surface area contributed by atoms with Crippen LogP contribution in [0.2, 0.25) is 10.0 Å². The zero-order valence-corrected chi connectivity index (χ0v) is 15.7. The van der Waals surface area contributed by atoms with Gasteiger partial charge in [-0.1, -0.05) is 66.4 Å². The Kier molecular flexibility index (Phi) is 8.58. The molecule has 2 rings (SSSR count). The van der Waals surface area contributed by atoms with Crippen LogP contribution in [0.15, 0.2) is 42.5 Å². The maximum absolute atomic E-state index is 6.27. The third kappa shape index (κ3) is 6.43. The normalized spacial score (nSPS) is 10.6. The number of benzene rings is 2. The Morgan fingerprint density at radius 2 is 1.46 bits per heavy atom. The predicted molar refractivity (Wildman–Crippen MR) is 102 cm³/mol. The lowest BCUT2D eigenvalue weighted by molar-refractivity contribution is 0.297. The fourth-order valence-corrected chi connectivity index (χ4v) is 2.99. The highest BCUT2D eigenvalue weighted by Crippen LogP contribution is 2.37. The number of rotatable bonds is 10. The second kappa shape index (κ2) is 10.7. The first-order valence-electron chi connectivity index (χ1n) is 8.05. The lowest BCUT2D eigenvalue weighted by atomic mass is 10.2. The van der Waals surface area contributed by atoms with Gasteiger partial charge in [-0.15, -0.1) is 11.6 Å². The van der Waals surface area contributed by atoms with Crippen molar-refractivity contribution < 1.29 is 9.47 Å². The molecule has 0 heterocycles. The van der Waals surface area contributed by atoms with Crippen molar-refractivity contribution in [2.75, 3.05) is 12.5 Å². The van der Waals surface area contributed by atoms with E-state index in [2.05, 4.69) is 0 Å². The van der Waals surface area contributed by atoms with Gasteiger partial charge in [-0.25, -0.2) is 0 Å². The number of alkyl halides is 1. The maximum Gasteiger partial charge on any atom is 0.156 e. The van der Waals surface area contributed by atoms with Crippen LogP contribution in [-0.4, -0.2) is 12.5 Å². The van der Waals surface area contributed by atoms with Gasteiger partial charge in [0.1, 0.15) is 12.4 Å². The summed E-state index contributed by atoms with van der Waals surface area (Å²) in [6.45, 7) is 1.06. The summed E-state index contributed by atoms with van der Waals surface area (Å²) in [5, 5.41) is 0.928. The van der Waals surface area contributed by atoms with Gasteiger partial charge in [0, 0.05) is 18.0 Å². The summed E-state index contributed by atoms with van der Waals surface area (Å²) in [4.78, 5) is 0. The zero-order valence-electron chi connectivity index (χ0n) is 13.4. The van der Waals surface area contributed by atoms with Crippen molar-refractivity contribution in [2.24, 2.45) is 0 Å². The number of hydrogen-bond donors (Lipinski definition) is 0. The Morgan fingerprint density at radius 1 is 0.792 bits per heavy atom. The van der Waals surface area contributed by atoms with Crippen molar-refractivity contribution in [3.8, 4) is 11.5 Å². The highest BCUT2D eigenvalue weighted by atomic mass is 35.5. The van der Waals surface area contributed by atoms with Crippen molar-refractivity contribution in [3.63, 3.8) is 0 Å². The molecule has 0 aliphatic heterocycles. The van der Waals surface area contributed by atoms with E-state index in [1.165, 1.54) is 0 Å². The van der Waals surface area contributed by atoms with Crippen LogP contribution in [0, 0.1) is 0 Å². The molecule has 130 valence electrons. The molecule has 2 aromatic carbocycles. The Morgan fingerprint density at radius 3 is 2.12 bits per heavy atom. The molecule has 0 saturated carbocycles. The van der Waals surface area contributed by atoms with Crippen molar-refractivity contribution in [1.29, 1.82) is 0 Å². The van der Waals surface area contributed by atoms with Crippen LogP contribution in [0.1, 0.15) is 31.2 Å². The van der Waals surface area contributed by atoms with Gasteiger partial charge in [0.25, 0.3) is 0 Å². The molecule has 0 aliphatic rings. The van der Waals surface area contributed by atoms with Gasteiger partial charge < -0.3 is 9.47 Å². The first kappa shape index (κ1) is 19.2. The van der Waals surface area contributed by atoms with Gasteiger partial charge in [0.05, 0.1) is 16.7 Å². The van der Waals surface area contributed by atoms with E-state index in [-0.39, 0.29) is 0 Å². The number of unbranched alkanes of at least 4 members (excludes halogenated alkanes) is 3. The molecule has 24 heavy (non-hydrogen) atoms. The molecule has 0 aromatic heterocycles. The molecule has 0 aliphatic carbocycles. The Bertz CT molecular complexity index is 594. The SMILES string of the molecule is ClCCCCCCOc1c(Cl)cc(OCc2ccccc2)cc1Cl. The predicted octanol–water partition coefficient (Wildman–Crippen LogP) is 6.75. The van der Waals surface area contributed by atoms with Crippen LogP contribution in [0.3, 0.4) is 0 Å². The van der Waals surface area contributed by atoms with E-state index in [4.69, 9.17) is 44.3 Å². The summed E-state index contributed by atoms with van der Waals surface area (Å²) >= 11 is 18.2. The number of ether oxygens (including phenoxy) is 2. The van der Waals surface area contributed by atoms with Gasteiger partial charge in [0.15, 0.2) is 5.75 Å². The van der Waals surface area contributed by atoms with Crippen molar-refractivity contribution in [3.05, 3.63) is 58.1 Å². The minimum atomic E-state index is 0.464. The lowest BCUT2D eigenvalue weighted by Crippen LogP contribution is -2.00. The molecule has 5 heteroatoms. The quantitative estimate of drug-likeness (QED) is 0.331. The zero-order chi connectivity index (χ0) is 17.2. The summed E-state index contributed by atoms with van der Waals surface area (Å²) in [6, 6.07) is 13.4. The first-order valence-corrected chi connectivity index (χ1v) is 9.34. The Hall–Kier alpha value is -1.09. The smallest absolute Gasteiger partial charge is 0.156 e. The standard InChI is InChI=1S/C19H21Cl3O2/c20-10-6-1-2-7-11-23-19-17(21)12-16(13-18(19)22)24-14-15-8-4-3-5-9-15/h3-5,8-9,12-13H,1-2,6-7,10-11,14H2. The molecule has 0 saturated heterocycles. The largest absolute Gasteiger partial charge is 0.490 e. The van der Waals surface area contributed by atoms with Gasteiger partial charge in [0.2, 0.25) is 0 Å². The van der Waals surface area contributed by atoms with E-state index in [9.17, 15) is 0 Å². The second-order valence-electron chi connectivity index (χ2n) is 5.44.